The second-order valence-electron chi connectivity index (χ2n) is 15.6. The molecule has 1 saturated heterocycles. The number of amides is 2. The summed E-state index contributed by atoms with van der Waals surface area (Å²) in [4.78, 5) is 33.6. The summed E-state index contributed by atoms with van der Waals surface area (Å²) < 4.78 is 39.2. The molecule has 2 aliphatic heterocycles. The van der Waals surface area contributed by atoms with Gasteiger partial charge in [-0.15, -0.1) is 0 Å². The van der Waals surface area contributed by atoms with E-state index in [2.05, 4.69) is 25.0 Å². The number of carbonyl (C=O) groups excluding carboxylic acids is 2. The molecule has 0 aliphatic carbocycles. The van der Waals surface area contributed by atoms with E-state index in [-0.39, 0.29) is 23.4 Å². The van der Waals surface area contributed by atoms with Gasteiger partial charge in [-0.1, -0.05) is 50.5 Å². The lowest BCUT2D eigenvalue weighted by Gasteiger charge is -2.48. The molecule has 1 aromatic rings. The highest BCUT2D eigenvalue weighted by molar-refractivity contribution is 8.15. The number of hydrogen-bond acceptors (Lipinski definition) is 8. The van der Waals surface area contributed by atoms with Crippen LogP contribution in [0.4, 0.5) is 9.18 Å². The number of rotatable bonds is 8. The van der Waals surface area contributed by atoms with Gasteiger partial charge >= 0.3 is 13.2 Å². The van der Waals surface area contributed by atoms with Gasteiger partial charge in [-0.3, -0.25) is 9.79 Å². The molecule has 0 aromatic heterocycles. The van der Waals surface area contributed by atoms with Gasteiger partial charge in [0.25, 0.3) is 0 Å². The minimum atomic E-state index is -1.40. The van der Waals surface area contributed by atoms with Crippen molar-refractivity contribution in [1.29, 1.82) is 0 Å². The maximum Gasteiger partial charge on any atom is 0.494 e. The van der Waals surface area contributed by atoms with E-state index in [0.717, 1.165) is 17.8 Å². The number of thioether (sulfide) groups is 1. The molecule has 9 nitrogen and oxygen atoms in total. The molecule has 13 heteroatoms. The first-order valence-corrected chi connectivity index (χ1v) is 20.1. The predicted molar refractivity (Wildman–Crippen MR) is 183 cm³/mol. The van der Waals surface area contributed by atoms with Gasteiger partial charge in [0.15, 0.2) is 5.17 Å². The van der Waals surface area contributed by atoms with Gasteiger partial charge in [0, 0.05) is 33.2 Å². The van der Waals surface area contributed by atoms with E-state index in [9.17, 15) is 9.59 Å². The Hall–Kier alpha value is -1.93. The van der Waals surface area contributed by atoms with Crippen molar-refractivity contribution in [2.45, 2.75) is 122 Å². The van der Waals surface area contributed by atoms with Crippen LogP contribution in [0.25, 0.3) is 0 Å². The van der Waals surface area contributed by atoms with E-state index in [1.807, 2.05) is 34.6 Å². The van der Waals surface area contributed by atoms with Crippen molar-refractivity contribution in [2.75, 3.05) is 20.4 Å². The summed E-state index contributed by atoms with van der Waals surface area (Å²) >= 11 is 1.15. The number of ether oxygens (including phenoxy) is 2. The summed E-state index contributed by atoms with van der Waals surface area (Å²) in [5.41, 5.74) is -2.36. The third kappa shape index (κ3) is 8.15. The molecule has 3 rings (SSSR count). The average Bonchev–Trinajstić information content (AvgIpc) is 3.11. The number of aliphatic imine (C=N–C) groups is 1. The van der Waals surface area contributed by atoms with Gasteiger partial charge in [0.2, 0.25) is 5.91 Å². The third-order valence-corrected chi connectivity index (χ3v) is 12.3. The molecule has 1 fully saturated rings. The van der Waals surface area contributed by atoms with Crippen LogP contribution >= 0.6 is 11.8 Å². The largest absolute Gasteiger partial charge is 0.494 e. The quantitative estimate of drug-likeness (QED) is 0.203. The van der Waals surface area contributed by atoms with Crippen LogP contribution in [-0.4, -0.2) is 79.2 Å². The number of amidine groups is 1. The normalized spacial score (nSPS) is 26.3. The Kier molecular flexibility index (Phi) is 10.8. The third-order valence-electron chi connectivity index (χ3n) is 9.10. The zero-order valence-corrected chi connectivity index (χ0v) is 31.5. The standard InChI is InChI=1S/C32H53BFN3O6SSi/c1-21-31(9,23-19-22(15-16-24(23)34)33-42-29(5,6)30(7,8)43-33)36-26(44-32(21,10)25(38)35-11)37(27(39)41-28(2,3)4)20-40-17-18-45(12,13)14/h15-16,19,21H,17-18,20H2,1-14H3,(H,35,38)/t21-,31-,32-/m0/s1. The summed E-state index contributed by atoms with van der Waals surface area (Å²) in [7, 11) is -0.565. The van der Waals surface area contributed by atoms with Crippen LogP contribution in [0.2, 0.25) is 25.7 Å². The van der Waals surface area contributed by atoms with E-state index >= 15 is 4.39 Å². The molecule has 2 amide bonds. The minimum absolute atomic E-state index is 0.129. The Morgan fingerprint density at radius 2 is 1.69 bits per heavy atom. The lowest BCUT2D eigenvalue weighted by molar-refractivity contribution is -0.124. The second kappa shape index (κ2) is 12.9. The maximum absolute atomic E-state index is 16.0. The van der Waals surface area contributed by atoms with Crippen LogP contribution in [0.5, 0.6) is 0 Å². The molecule has 2 heterocycles. The first-order chi connectivity index (χ1) is 20.4. The molecule has 45 heavy (non-hydrogen) atoms. The van der Waals surface area contributed by atoms with Gasteiger partial charge in [-0.25, -0.2) is 14.1 Å². The molecule has 0 spiro atoms. The molecule has 0 saturated carbocycles. The van der Waals surface area contributed by atoms with Gasteiger partial charge in [-0.05, 0) is 79.9 Å². The predicted octanol–water partition coefficient (Wildman–Crippen LogP) is 6.13. The molecular formula is C32H53BFN3O6SSi. The van der Waals surface area contributed by atoms with Crippen LogP contribution in [0.3, 0.4) is 0 Å². The molecule has 1 aromatic carbocycles. The molecule has 0 unspecified atom stereocenters. The number of halogens is 1. The fourth-order valence-electron chi connectivity index (χ4n) is 5.13. The fourth-order valence-corrected chi connectivity index (χ4v) is 7.34. The smallest absolute Gasteiger partial charge is 0.443 e. The molecule has 2 aliphatic rings. The number of hydrogen-bond donors (Lipinski definition) is 1. The molecule has 3 atom stereocenters. The Morgan fingerprint density at radius 1 is 1.11 bits per heavy atom. The fraction of sp³-hybridized carbons (Fsp3) is 0.719. The SMILES string of the molecule is CNC(=O)[C@@]1(C)SC(N(COCC[Si](C)(C)C)C(=O)OC(C)(C)C)=N[C@](C)(c2cc(B3OC(C)(C)C(C)(C)O3)ccc2F)[C@@H]1C. The Bertz CT molecular complexity index is 1300. The van der Waals surface area contributed by atoms with Crippen LogP contribution in [0.15, 0.2) is 23.2 Å². The van der Waals surface area contributed by atoms with Crippen molar-refractivity contribution in [1.82, 2.24) is 10.2 Å². The molecule has 1 N–H and O–H groups in total. The summed E-state index contributed by atoms with van der Waals surface area (Å²) in [5, 5.41) is 2.98. The van der Waals surface area contributed by atoms with E-state index in [1.54, 1.807) is 53.8 Å². The lowest BCUT2D eigenvalue weighted by Crippen LogP contribution is -2.57. The van der Waals surface area contributed by atoms with Crippen molar-refractivity contribution in [2.24, 2.45) is 10.9 Å². The van der Waals surface area contributed by atoms with Crippen molar-refractivity contribution in [3.63, 3.8) is 0 Å². The van der Waals surface area contributed by atoms with Crippen molar-refractivity contribution >= 4 is 49.6 Å². The highest BCUT2D eigenvalue weighted by Gasteiger charge is 2.56. The lowest BCUT2D eigenvalue weighted by atomic mass is 9.70. The zero-order chi connectivity index (χ0) is 34.4. The Balaban J connectivity index is 2.17. The summed E-state index contributed by atoms with van der Waals surface area (Å²) in [6.07, 6.45) is -0.663. The Labute approximate surface area is 274 Å². The highest BCUT2D eigenvalue weighted by atomic mass is 32.2. The summed E-state index contributed by atoms with van der Waals surface area (Å²) in [6.45, 7) is 25.7. The van der Waals surface area contributed by atoms with Crippen LogP contribution in [-0.2, 0) is 29.1 Å². The van der Waals surface area contributed by atoms with E-state index < -0.39 is 60.1 Å². The summed E-state index contributed by atoms with van der Waals surface area (Å²) in [5.74, 6) is -1.28. The average molecular weight is 666 g/mol. The monoisotopic (exact) mass is 665 g/mol. The van der Waals surface area contributed by atoms with Gasteiger partial charge < -0.3 is 24.1 Å². The molecule has 0 bridgehead atoms. The highest BCUT2D eigenvalue weighted by Crippen LogP contribution is 2.51. The zero-order valence-electron chi connectivity index (χ0n) is 29.6. The topological polar surface area (TPSA) is 98.7 Å². The number of carbonyl (C=O) groups is 2. The van der Waals surface area contributed by atoms with E-state index in [4.69, 9.17) is 23.8 Å². The summed E-state index contributed by atoms with van der Waals surface area (Å²) in [6, 6.07) is 5.63. The van der Waals surface area contributed by atoms with Crippen molar-refractivity contribution < 1.29 is 32.8 Å². The first kappa shape index (κ1) is 37.5. The number of benzene rings is 1. The van der Waals surface area contributed by atoms with Crippen LogP contribution < -0.4 is 10.8 Å². The molecular weight excluding hydrogens is 612 g/mol. The second-order valence-corrected chi connectivity index (χ2v) is 22.7. The van der Waals surface area contributed by atoms with E-state index in [1.165, 1.54) is 11.0 Å². The van der Waals surface area contributed by atoms with E-state index in [0.29, 0.717) is 12.1 Å². The van der Waals surface area contributed by atoms with Gasteiger partial charge in [0.05, 0.1) is 16.7 Å². The Morgan fingerprint density at radius 3 is 2.20 bits per heavy atom. The van der Waals surface area contributed by atoms with Gasteiger partial charge in [0.1, 0.15) is 22.9 Å². The number of nitrogens with zero attached hydrogens (tertiary/aromatic N) is 2. The first-order valence-electron chi connectivity index (χ1n) is 15.6. The van der Waals surface area contributed by atoms with Crippen molar-refractivity contribution in [3.8, 4) is 0 Å². The van der Waals surface area contributed by atoms with Crippen LogP contribution in [0.1, 0.15) is 74.8 Å². The van der Waals surface area contributed by atoms with Crippen LogP contribution in [0, 0.1) is 11.7 Å². The minimum Gasteiger partial charge on any atom is -0.443 e. The van der Waals surface area contributed by atoms with Gasteiger partial charge in [-0.2, -0.15) is 0 Å². The maximum atomic E-state index is 16.0. The van der Waals surface area contributed by atoms with Crippen molar-refractivity contribution in [3.05, 3.63) is 29.6 Å². The molecule has 0 radical (unpaired) electrons. The number of nitrogens with one attached hydrogen (secondary N) is 1. The molecule has 252 valence electrons.